The summed E-state index contributed by atoms with van der Waals surface area (Å²) in [5.74, 6) is 1.67. The first kappa shape index (κ1) is 24.7. The van der Waals surface area contributed by atoms with Gasteiger partial charge in [0, 0.05) is 5.92 Å². The summed E-state index contributed by atoms with van der Waals surface area (Å²) in [6.45, 7) is 7.08. The van der Waals surface area contributed by atoms with E-state index < -0.39 is 0 Å². The second-order valence-electron chi connectivity index (χ2n) is 9.65. The zero-order valence-corrected chi connectivity index (χ0v) is 20.0. The quantitative estimate of drug-likeness (QED) is 0.244. The van der Waals surface area contributed by atoms with Crippen LogP contribution in [0.1, 0.15) is 115 Å². The summed E-state index contributed by atoms with van der Waals surface area (Å²) in [6.07, 6.45) is 17.7. The molecule has 0 aliphatic carbocycles. The van der Waals surface area contributed by atoms with E-state index in [4.69, 9.17) is 0 Å². The van der Waals surface area contributed by atoms with Crippen molar-refractivity contribution in [2.24, 2.45) is 0 Å². The van der Waals surface area contributed by atoms with Crippen molar-refractivity contribution in [3.05, 3.63) is 77.7 Å². The molecule has 0 spiro atoms. The Labute approximate surface area is 187 Å². The van der Waals surface area contributed by atoms with Crippen LogP contribution in [0.2, 0.25) is 0 Å². The normalized spacial score (nSPS) is 11.9. The van der Waals surface area contributed by atoms with E-state index in [2.05, 4.69) is 81.4 Å². The summed E-state index contributed by atoms with van der Waals surface area (Å²) in [4.78, 5) is 0. The highest BCUT2D eigenvalue weighted by Gasteiger charge is 2.21. The van der Waals surface area contributed by atoms with Crippen LogP contribution in [0.4, 0.5) is 0 Å². The molecule has 0 heteroatoms. The molecule has 0 saturated heterocycles. The Morgan fingerprint density at radius 2 is 1.10 bits per heavy atom. The van der Waals surface area contributed by atoms with E-state index in [1.807, 2.05) is 0 Å². The van der Waals surface area contributed by atoms with Crippen molar-refractivity contribution in [3.63, 3.8) is 0 Å². The Kier molecular flexibility index (Phi) is 11.9. The highest BCUT2D eigenvalue weighted by molar-refractivity contribution is 5.30. The number of benzene rings is 2. The van der Waals surface area contributed by atoms with Gasteiger partial charge >= 0.3 is 0 Å². The predicted molar refractivity (Wildman–Crippen MR) is 134 cm³/mol. The smallest absolute Gasteiger partial charge is 0.00498 e. The number of hydrogen-bond donors (Lipinski definition) is 0. The molecule has 0 nitrogen and oxygen atoms in total. The SMILES string of the molecule is CCCCCCCCCCC[C](CCCC(C)(C)c1ccccc1)c1ccccc1. The van der Waals surface area contributed by atoms with Crippen molar-refractivity contribution >= 4 is 0 Å². The molecule has 0 aromatic heterocycles. The van der Waals surface area contributed by atoms with Crippen molar-refractivity contribution in [3.8, 4) is 0 Å². The van der Waals surface area contributed by atoms with Gasteiger partial charge in [-0.1, -0.05) is 146 Å². The maximum atomic E-state index is 2.39. The van der Waals surface area contributed by atoms with Crippen LogP contribution in [0.15, 0.2) is 60.7 Å². The second kappa shape index (κ2) is 14.4. The number of rotatable bonds is 16. The van der Waals surface area contributed by atoms with Gasteiger partial charge in [0.2, 0.25) is 0 Å². The minimum absolute atomic E-state index is 0.251. The first-order valence-electron chi connectivity index (χ1n) is 12.6. The molecule has 30 heavy (non-hydrogen) atoms. The highest BCUT2D eigenvalue weighted by Crippen LogP contribution is 2.33. The average Bonchev–Trinajstić information content (AvgIpc) is 2.78. The van der Waals surface area contributed by atoms with Crippen LogP contribution < -0.4 is 0 Å². The van der Waals surface area contributed by atoms with Gasteiger partial charge in [0.05, 0.1) is 0 Å². The molecule has 2 rings (SSSR count). The van der Waals surface area contributed by atoms with Crippen molar-refractivity contribution in [2.45, 2.75) is 110 Å². The molecule has 1 radical (unpaired) electrons. The lowest BCUT2D eigenvalue weighted by atomic mass is 9.78. The van der Waals surface area contributed by atoms with Gasteiger partial charge in [-0.15, -0.1) is 0 Å². The van der Waals surface area contributed by atoms with Crippen molar-refractivity contribution in [1.29, 1.82) is 0 Å². The van der Waals surface area contributed by atoms with Gasteiger partial charge in [0.15, 0.2) is 0 Å². The Morgan fingerprint density at radius 3 is 1.70 bits per heavy atom. The first-order valence-corrected chi connectivity index (χ1v) is 12.6. The van der Waals surface area contributed by atoms with Gasteiger partial charge in [-0.25, -0.2) is 0 Å². The van der Waals surface area contributed by atoms with E-state index in [-0.39, 0.29) is 5.41 Å². The molecule has 0 aliphatic rings. The minimum Gasteiger partial charge on any atom is -0.0654 e. The zero-order valence-electron chi connectivity index (χ0n) is 20.0. The average molecular weight is 406 g/mol. The van der Waals surface area contributed by atoms with Crippen molar-refractivity contribution in [1.82, 2.24) is 0 Å². The Balaban J connectivity index is 1.74. The summed E-state index contributed by atoms with van der Waals surface area (Å²) >= 11 is 0. The van der Waals surface area contributed by atoms with E-state index in [0.29, 0.717) is 0 Å². The van der Waals surface area contributed by atoms with Crippen LogP contribution >= 0.6 is 0 Å². The van der Waals surface area contributed by atoms with Crippen LogP contribution in [0.3, 0.4) is 0 Å². The highest BCUT2D eigenvalue weighted by atomic mass is 14.3. The Morgan fingerprint density at radius 1 is 0.600 bits per heavy atom. The molecule has 0 unspecified atom stereocenters. The van der Waals surface area contributed by atoms with Crippen LogP contribution in [0.25, 0.3) is 0 Å². The molecular formula is C30H45. The maximum absolute atomic E-state index is 2.39. The molecule has 0 saturated carbocycles. The van der Waals surface area contributed by atoms with Gasteiger partial charge in [0.1, 0.15) is 0 Å². The lowest BCUT2D eigenvalue weighted by Gasteiger charge is -2.26. The van der Waals surface area contributed by atoms with Gasteiger partial charge in [-0.3, -0.25) is 0 Å². The van der Waals surface area contributed by atoms with Crippen molar-refractivity contribution in [2.75, 3.05) is 0 Å². The third kappa shape index (κ3) is 9.50. The molecule has 0 aliphatic heterocycles. The third-order valence-corrected chi connectivity index (χ3v) is 6.60. The molecule has 0 amide bonds. The molecule has 2 aromatic rings. The summed E-state index contributed by atoms with van der Waals surface area (Å²) in [5, 5.41) is 0. The molecule has 0 atom stereocenters. The maximum Gasteiger partial charge on any atom is 0.00498 e. The van der Waals surface area contributed by atoms with Crippen LogP contribution in [0, 0.1) is 5.92 Å². The summed E-state index contributed by atoms with van der Waals surface area (Å²) < 4.78 is 0. The molecule has 2 aromatic carbocycles. The Bertz CT molecular complexity index is 640. The fourth-order valence-electron chi connectivity index (χ4n) is 4.51. The largest absolute Gasteiger partial charge is 0.0654 e. The lowest BCUT2D eigenvalue weighted by Crippen LogP contribution is -2.17. The topological polar surface area (TPSA) is 0 Å². The first-order chi connectivity index (χ1) is 14.6. The molecule has 0 heterocycles. The van der Waals surface area contributed by atoms with E-state index in [0.717, 1.165) is 0 Å². The van der Waals surface area contributed by atoms with E-state index in [1.54, 1.807) is 5.92 Å². The van der Waals surface area contributed by atoms with Gasteiger partial charge < -0.3 is 0 Å². The van der Waals surface area contributed by atoms with Gasteiger partial charge in [-0.05, 0) is 35.8 Å². The monoisotopic (exact) mass is 405 g/mol. The van der Waals surface area contributed by atoms with E-state index in [1.165, 1.54) is 94.6 Å². The van der Waals surface area contributed by atoms with Crippen molar-refractivity contribution < 1.29 is 0 Å². The fourth-order valence-corrected chi connectivity index (χ4v) is 4.51. The van der Waals surface area contributed by atoms with Crippen LogP contribution in [-0.4, -0.2) is 0 Å². The lowest BCUT2D eigenvalue weighted by molar-refractivity contribution is 0.451. The van der Waals surface area contributed by atoms with Crippen LogP contribution in [-0.2, 0) is 5.41 Å². The summed E-state index contributed by atoms with van der Waals surface area (Å²) in [7, 11) is 0. The minimum atomic E-state index is 0.251. The molecular weight excluding hydrogens is 360 g/mol. The summed E-state index contributed by atoms with van der Waals surface area (Å²) in [6, 6.07) is 22.2. The van der Waals surface area contributed by atoms with E-state index in [9.17, 15) is 0 Å². The Hall–Kier alpha value is -1.56. The van der Waals surface area contributed by atoms with Gasteiger partial charge in [0.25, 0.3) is 0 Å². The second-order valence-corrected chi connectivity index (χ2v) is 9.65. The van der Waals surface area contributed by atoms with Gasteiger partial charge in [-0.2, -0.15) is 0 Å². The zero-order chi connectivity index (χ0) is 21.5. The third-order valence-electron chi connectivity index (χ3n) is 6.60. The fraction of sp³-hybridized carbons (Fsp3) is 0.567. The molecule has 0 bridgehead atoms. The number of hydrogen-bond acceptors (Lipinski definition) is 0. The predicted octanol–water partition coefficient (Wildman–Crippen LogP) is 9.68. The summed E-state index contributed by atoms with van der Waals surface area (Å²) in [5.41, 5.74) is 3.18. The standard InChI is InChI=1S/C30H45/c1-4-5-6-7-8-9-10-11-14-20-28(27-21-15-12-16-22-27)23-19-26-30(2,3)29-24-17-13-18-25-29/h12-13,15-18,21-22,24-25H,4-11,14,19-20,23,26H2,1-3H3. The molecule has 0 N–H and O–H groups in total. The molecule has 0 fully saturated rings. The molecule has 165 valence electrons. The van der Waals surface area contributed by atoms with Crippen LogP contribution in [0.5, 0.6) is 0 Å². The number of unbranched alkanes of at least 4 members (excludes halogenated alkanes) is 8. The van der Waals surface area contributed by atoms with E-state index >= 15 is 0 Å².